The second-order valence-electron chi connectivity index (χ2n) is 2.61. The summed E-state index contributed by atoms with van der Waals surface area (Å²) in [6.07, 6.45) is 2.79. The van der Waals surface area contributed by atoms with Gasteiger partial charge in [0.25, 0.3) is 0 Å². The molecule has 0 bridgehead atoms. The van der Waals surface area contributed by atoms with Crippen LogP contribution in [0.15, 0.2) is 12.4 Å². The van der Waals surface area contributed by atoms with E-state index < -0.39 is 24.4 Å². The van der Waals surface area contributed by atoms with Crippen molar-refractivity contribution >= 4 is 64.2 Å². The van der Waals surface area contributed by atoms with Gasteiger partial charge in [0.2, 0.25) is 0 Å². The van der Waals surface area contributed by atoms with Gasteiger partial charge in [-0.1, -0.05) is 5.64 Å². The second kappa shape index (κ2) is 10.9. The Morgan fingerprint density at radius 3 is 2.33 bits per heavy atom. The van der Waals surface area contributed by atoms with Gasteiger partial charge in [-0.25, -0.2) is 9.99 Å². The van der Waals surface area contributed by atoms with Gasteiger partial charge in [-0.05, 0) is 8.64 Å². The summed E-state index contributed by atoms with van der Waals surface area (Å²) in [5.74, 6) is -0.803. The zero-order valence-electron chi connectivity index (χ0n) is 9.62. The van der Waals surface area contributed by atoms with Crippen LogP contribution < -0.4 is 5.64 Å². The van der Waals surface area contributed by atoms with Crippen LogP contribution in [0.1, 0.15) is 10.6 Å². The number of aromatic nitrogens is 2. The molecule has 15 heteroatoms. The Morgan fingerprint density at radius 1 is 1.43 bits per heavy atom. The number of imidazole rings is 1. The zero-order valence-corrected chi connectivity index (χ0v) is 14.9. The maximum absolute atomic E-state index is 12.0. The number of thiocarbonyl (C=S) groups is 2. The predicted molar refractivity (Wildman–Crippen MR) is 73.9 cm³/mol. The van der Waals surface area contributed by atoms with E-state index in [1.165, 1.54) is 18.0 Å². The van der Waals surface area contributed by atoms with E-state index in [0.717, 1.165) is 0 Å². The summed E-state index contributed by atoms with van der Waals surface area (Å²) in [7, 11) is 0. The molecule has 10 nitrogen and oxygen atoms in total. The Bertz CT molecular complexity index is 536. The van der Waals surface area contributed by atoms with E-state index in [2.05, 4.69) is 39.8 Å². The minimum absolute atomic E-state index is 0.0556. The molecule has 1 rings (SSSR count). The number of nitrogens with zero attached hydrogens (tertiary/aromatic N) is 3. The predicted octanol–water partition coefficient (Wildman–Crippen LogP) is -0.682. The normalized spacial score (nSPS) is 8.81. The Kier molecular flexibility index (Phi) is 10.5. The molecule has 0 radical (unpaired) electrons. The van der Waals surface area contributed by atoms with Gasteiger partial charge in [0, 0.05) is 12.4 Å². The van der Waals surface area contributed by atoms with Crippen LogP contribution in [0.4, 0.5) is 0 Å². The Balaban J connectivity index is 0.00000122. The van der Waals surface area contributed by atoms with Crippen molar-refractivity contribution in [1.82, 2.24) is 25.8 Å². The number of hydrogen-bond acceptors (Lipinski definition) is 11. The monoisotopic (exact) mass is 453 g/mol. The molecular formula is C6H5MoN5O5S4. The van der Waals surface area contributed by atoms with E-state index in [4.69, 9.17) is 36.8 Å². The topological polar surface area (TPSA) is 128 Å². The van der Waals surface area contributed by atoms with E-state index in [1.54, 1.807) is 0 Å². The van der Waals surface area contributed by atoms with Crippen molar-refractivity contribution in [2.75, 3.05) is 0 Å². The summed E-state index contributed by atoms with van der Waals surface area (Å²) in [6, 6.07) is 0. The van der Waals surface area contributed by atoms with E-state index >= 15 is 0 Å². The molecule has 21 heavy (non-hydrogen) atoms. The molecule has 0 aliphatic carbocycles. The number of amides is 1. The molecule has 0 fully saturated rings. The summed E-state index contributed by atoms with van der Waals surface area (Å²) in [6.45, 7) is 0. The zero-order chi connectivity index (χ0) is 16.4. The van der Waals surface area contributed by atoms with Gasteiger partial charge in [-0.3, -0.25) is 10.0 Å². The number of carbonyl (C=O) groups is 1. The number of H-pyrrole nitrogens is 1. The third-order valence-electron chi connectivity index (χ3n) is 1.53. The first kappa shape index (κ1) is 20.3. The van der Waals surface area contributed by atoms with Crippen LogP contribution >= 0.6 is 24.4 Å². The summed E-state index contributed by atoms with van der Waals surface area (Å²) >= 11 is 16.7. The van der Waals surface area contributed by atoms with E-state index in [-0.39, 0.29) is 14.5 Å². The van der Waals surface area contributed by atoms with Crippen molar-refractivity contribution in [3.05, 3.63) is 18.2 Å². The van der Waals surface area contributed by atoms with Crippen LogP contribution in [0.3, 0.4) is 0 Å². The second-order valence-corrected chi connectivity index (χ2v) is 5.01. The summed E-state index contributed by atoms with van der Waals surface area (Å²) in [4.78, 5) is 22.7. The summed E-state index contributed by atoms with van der Waals surface area (Å²) < 4.78 is 16.4. The van der Waals surface area contributed by atoms with Crippen LogP contribution in [-0.4, -0.2) is 39.9 Å². The van der Waals surface area contributed by atoms with Gasteiger partial charge < -0.3 is 54.7 Å². The van der Waals surface area contributed by atoms with Gasteiger partial charge in [0.1, 0.15) is 0 Å². The maximum atomic E-state index is 12.0. The molecule has 0 spiro atoms. The molecule has 0 atom stereocenters. The van der Waals surface area contributed by atoms with Crippen LogP contribution in [0.5, 0.6) is 0 Å². The molecular weight excluding hydrogens is 446 g/mol. The quantitative estimate of drug-likeness (QED) is 0.233. The van der Waals surface area contributed by atoms with Crippen LogP contribution in [0.25, 0.3) is 0 Å². The molecule has 114 valence electrons. The van der Waals surface area contributed by atoms with E-state index in [0.29, 0.717) is 10.2 Å². The molecule has 0 saturated carbocycles. The standard InChI is InChI=1S/C6H7N5O3S4.Mo.2O/c12-4(3-7-1-2-8-3)10(5(15)16)11(6(17)18)14-9-13;;;/h1-2,9,13H,(H,7,8)(H,15,16)(H,17,18);;;/q;+2;;/p-2. The van der Waals surface area contributed by atoms with Crippen molar-refractivity contribution in [1.29, 1.82) is 0 Å². The number of hydroxylamine groups is 1. The number of aromatic amines is 1. The van der Waals surface area contributed by atoms with Crippen molar-refractivity contribution < 1.29 is 40.2 Å². The van der Waals surface area contributed by atoms with Gasteiger partial charge in [0.05, 0.1) is 0 Å². The number of hydrazine groups is 1. The summed E-state index contributed by atoms with van der Waals surface area (Å²) in [5, 5.41) is 9.67. The van der Waals surface area contributed by atoms with Gasteiger partial charge >= 0.3 is 31.2 Å². The number of hydrogen-bond donors (Lipinski definition) is 3. The SMILES string of the molecule is O=C(c1ncc[nH]1)N(C(=S)[S-])N(ONO)C(=S)[S-].[O]=[Mo+2]=[O]. The van der Waals surface area contributed by atoms with E-state index in [9.17, 15) is 4.79 Å². The van der Waals surface area contributed by atoms with E-state index in [1.807, 2.05) is 0 Å². The minimum atomic E-state index is -2.03. The Labute approximate surface area is 148 Å². The number of rotatable bonds is 3. The molecule has 1 aromatic heterocycles. The van der Waals surface area contributed by atoms with Gasteiger partial charge in [0.15, 0.2) is 5.82 Å². The first-order valence-corrected chi connectivity index (χ1v) is 7.71. The summed E-state index contributed by atoms with van der Waals surface area (Å²) in [5.41, 5.74) is 1.33. The first-order valence-electron chi connectivity index (χ1n) is 4.44. The molecule has 0 unspecified atom stereocenters. The van der Waals surface area contributed by atoms with Crippen molar-refractivity contribution in [2.45, 2.75) is 0 Å². The molecule has 1 amide bonds. The van der Waals surface area contributed by atoms with Gasteiger partial charge in [-0.15, -0.1) is 4.94 Å². The number of carbonyl (C=O) groups excluding carboxylic acids is 1. The fourth-order valence-electron chi connectivity index (χ4n) is 0.921. The molecule has 1 heterocycles. The Morgan fingerprint density at radius 2 is 2.00 bits per heavy atom. The molecule has 1 aromatic rings. The van der Waals surface area contributed by atoms with Crippen LogP contribution in [-0.2, 0) is 55.5 Å². The first-order chi connectivity index (χ1) is 9.90. The van der Waals surface area contributed by atoms with Crippen LogP contribution in [0, 0.1) is 0 Å². The fourth-order valence-corrected chi connectivity index (χ4v) is 1.47. The molecule has 3 N–H and O–H groups in total. The average Bonchev–Trinajstić information content (AvgIpc) is 2.92. The van der Waals surface area contributed by atoms with Gasteiger partial charge in [-0.2, -0.15) is 5.17 Å². The van der Waals surface area contributed by atoms with Crippen LogP contribution in [0.2, 0.25) is 0 Å². The van der Waals surface area contributed by atoms with Crippen molar-refractivity contribution in [3.63, 3.8) is 0 Å². The molecule has 0 aliphatic heterocycles. The third kappa shape index (κ3) is 6.71. The Hall–Kier alpha value is -0.732. The number of nitrogens with one attached hydrogen (secondary N) is 2. The average molecular weight is 451 g/mol. The van der Waals surface area contributed by atoms with Crippen molar-refractivity contribution in [2.24, 2.45) is 0 Å². The fraction of sp³-hybridized carbons (Fsp3) is 0. The van der Waals surface area contributed by atoms with Crippen molar-refractivity contribution in [3.8, 4) is 0 Å². The third-order valence-corrected chi connectivity index (χ3v) is 2.19. The molecule has 0 aromatic carbocycles. The molecule has 0 aliphatic rings. The molecule has 0 saturated heterocycles.